The van der Waals surface area contributed by atoms with Crippen molar-refractivity contribution in [2.45, 2.75) is 6.85 Å². The summed E-state index contributed by atoms with van der Waals surface area (Å²) in [6, 6.07) is 5.99. The molecule has 11 heavy (non-hydrogen) atoms. The third-order valence-corrected chi connectivity index (χ3v) is 1.35. The van der Waals surface area contributed by atoms with E-state index in [0.717, 1.165) is 0 Å². The Kier molecular flexibility index (Phi) is 1.32. The summed E-state index contributed by atoms with van der Waals surface area (Å²) in [5, 5.41) is 0. The number of benzene rings is 1. The van der Waals surface area contributed by atoms with E-state index in [1.165, 1.54) is 19.2 Å². The fourth-order valence-corrected chi connectivity index (χ4v) is 0.742. The Balaban J connectivity index is 2.93. The van der Waals surface area contributed by atoms with Crippen LogP contribution in [0.3, 0.4) is 0 Å². The maximum Gasteiger partial charge on any atom is 0.159 e. The fourth-order valence-electron chi connectivity index (χ4n) is 0.742. The van der Waals surface area contributed by atoms with Gasteiger partial charge in [0.05, 0.1) is 7.11 Å². The molecule has 0 aromatic heterocycles. The average molecular weight is 153 g/mol. The number of hydrogen-bond acceptors (Lipinski definition) is 2. The standard InChI is InChI=1S/C9H10O2/c1-7(10)8-3-5-9(11-2)6-4-8/h3-6H,1-2H3/i1D3. The van der Waals surface area contributed by atoms with Crippen LogP contribution in [0.5, 0.6) is 5.75 Å². The first kappa shape index (κ1) is 4.54. The molecule has 2 nitrogen and oxygen atoms in total. The van der Waals surface area contributed by atoms with Gasteiger partial charge in [-0.25, -0.2) is 0 Å². The van der Waals surface area contributed by atoms with E-state index in [4.69, 9.17) is 8.85 Å². The van der Waals surface area contributed by atoms with Gasteiger partial charge in [-0.3, -0.25) is 4.79 Å². The maximum absolute atomic E-state index is 11.3. The number of rotatable bonds is 2. The zero-order chi connectivity index (χ0) is 10.8. The van der Waals surface area contributed by atoms with Crippen molar-refractivity contribution in [3.8, 4) is 5.75 Å². The Morgan fingerprint density at radius 2 is 2.09 bits per heavy atom. The van der Waals surface area contributed by atoms with Crippen LogP contribution in [-0.2, 0) is 0 Å². The molecule has 0 radical (unpaired) electrons. The third-order valence-electron chi connectivity index (χ3n) is 1.35. The number of ketones is 1. The second-order valence-corrected chi connectivity index (χ2v) is 2.06. The van der Waals surface area contributed by atoms with Crippen molar-refractivity contribution in [3.05, 3.63) is 29.8 Å². The van der Waals surface area contributed by atoms with Crippen LogP contribution in [0, 0.1) is 0 Å². The van der Waals surface area contributed by atoms with Crippen LogP contribution in [0.2, 0.25) is 0 Å². The molecule has 1 rings (SSSR count). The third kappa shape index (κ3) is 1.80. The van der Waals surface area contributed by atoms with Crippen LogP contribution < -0.4 is 4.74 Å². The van der Waals surface area contributed by atoms with Gasteiger partial charge in [0.1, 0.15) is 5.75 Å². The van der Waals surface area contributed by atoms with Gasteiger partial charge in [0, 0.05) is 9.68 Å². The van der Waals surface area contributed by atoms with Crippen LogP contribution >= 0.6 is 0 Å². The topological polar surface area (TPSA) is 26.3 Å². The summed E-state index contributed by atoms with van der Waals surface area (Å²) >= 11 is 0. The second kappa shape index (κ2) is 3.19. The van der Waals surface area contributed by atoms with Crippen molar-refractivity contribution >= 4 is 5.78 Å². The number of carbonyl (C=O) groups excluding carboxylic acids is 1. The summed E-state index contributed by atoms with van der Waals surface area (Å²) in [6.07, 6.45) is 0. The van der Waals surface area contributed by atoms with Gasteiger partial charge in [-0.05, 0) is 31.1 Å². The molecule has 2 heteroatoms. The molecule has 0 saturated heterocycles. The molecule has 0 heterocycles. The Morgan fingerprint density at radius 3 is 2.55 bits per heavy atom. The van der Waals surface area contributed by atoms with Crippen molar-refractivity contribution in [1.82, 2.24) is 0 Å². The predicted octanol–water partition coefficient (Wildman–Crippen LogP) is 1.90. The number of ether oxygens (including phenoxy) is 1. The van der Waals surface area contributed by atoms with Gasteiger partial charge in [0.15, 0.2) is 5.78 Å². The molecule has 0 atom stereocenters. The molecule has 0 fully saturated rings. The molecule has 58 valence electrons. The SMILES string of the molecule is [2H]C([2H])([2H])C(=O)c1ccc(OC)cc1. The fraction of sp³-hybridized carbons (Fsp3) is 0.222. The average Bonchev–Trinajstić information content (AvgIpc) is 2.15. The maximum atomic E-state index is 11.3. The summed E-state index contributed by atoms with van der Waals surface area (Å²) in [4.78, 5) is 11.3. The lowest BCUT2D eigenvalue weighted by Gasteiger charge is -1.98. The number of hydrogen-bond donors (Lipinski definition) is 0. The highest BCUT2D eigenvalue weighted by Crippen LogP contribution is 2.11. The highest BCUT2D eigenvalue weighted by Gasteiger charge is 1.97. The zero-order valence-corrected chi connectivity index (χ0v) is 6.13. The first-order valence-electron chi connectivity index (χ1n) is 4.64. The highest BCUT2D eigenvalue weighted by molar-refractivity contribution is 5.94. The number of Topliss-reactive ketones (excluding diaryl/α,β-unsaturated/α-hetero) is 1. The van der Waals surface area contributed by atoms with E-state index in [9.17, 15) is 4.79 Å². The minimum absolute atomic E-state index is 0.172. The van der Waals surface area contributed by atoms with E-state index < -0.39 is 12.6 Å². The van der Waals surface area contributed by atoms with E-state index in [2.05, 4.69) is 0 Å². The molecular formula is C9H10O2. The van der Waals surface area contributed by atoms with Gasteiger partial charge >= 0.3 is 0 Å². The molecule has 0 aliphatic carbocycles. The number of carbonyl (C=O) groups is 1. The molecule has 0 bridgehead atoms. The van der Waals surface area contributed by atoms with Crippen molar-refractivity contribution in [2.75, 3.05) is 7.11 Å². The van der Waals surface area contributed by atoms with Gasteiger partial charge in [0.25, 0.3) is 0 Å². The van der Waals surface area contributed by atoms with Crippen LogP contribution in [0.25, 0.3) is 0 Å². The van der Waals surface area contributed by atoms with Gasteiger partial charge in [-0.15, -0.1) is 0 Å². The lowest BCUT2D eigenvalue weighted by atomic mass is 10.1. The van der Waals surface area contributed by atoms with Crippen LogP contribution in [0.4, 0.5) is 0 Å². The molecule has 0 unspecified atom stereocenters. The Hall–Kier alpha value is -1.31. The van der Waals surface area contributed by atoms with E-state index >= 15 is 0 Å². The summed E-state index contributed by atoms with van der Waals surface area (Å²) in [5.41, 5.74) is 0.172. The quantitative estimate of drug-likeness (QED) is 0.606. The van der Waals surface area contributed by atoms with Gasteiger partial charge in [-0.1, -0.05) is 0 Å². The first-order chi connectivity index (χ1) is 6.45. The smallest absolute Gasteiger partial charge is 0.159 e. The predicted molar refractivity (Wildman–Crippen MR) is 43.0 cm³/mol. The molecule has 0 N–H and O–H groups in total. The molecule has 0 aliphatic rings. The molecule has 1 aromatic rings. The molecule has 0 spiro atoms. The van der Waals surface area contributed by atoms with Crippen molar-refractivity contribution in [2.24, 2.45) is 0 Å². The minimum Gasteiger partial charge on any atom is -0.497 e. The van der Waals surface area contributed by atoms with E-state index in [1.54, 1.807) is 12.1 Å². The second-order valence-electron chi connectivity index (χ2n) is 2.06. The Morgan fingerprint density at radius 1 is 1.45 bits per heavy atom. The lowest BCUT2D eigenvalue weighted by molar-refractivity contribution is 0.101. The first-order valence-corrected chi connectivity index (χ1v) is 3.14. The minimum atomic E-state index is -2.57. The van der Waals surface area contributed by atoms with E-state index in [1.807, 2.05) is 0 Å². The largest absolute Gasteiger partial charge is 0.497 e. The monoisotopic (exact) mass is 153 g/mol. The van der Waals surface area contributed by atoms with E-state index in [-0.39, 0.29) is 5.56 Å². The van der Waals surface area contributed by atoms with Gasteiger partial charge < -0.3 is 4.74 Å². The zero-order valence-electron chi connectivity index (χ0n) is 9.13. The Labute approximate surface area is 70.0 Å². The molecule has 0 saturated carbocycles. The van der Waals surface area contributed by atoms with Crippen molar-refractivity contribution < 1.29 is 13.6 Å². The van der Waals surface area contributed by atoms with Gasteiger partial charge in [-0.2, -0.15) is 0 Å². The number of methoxy groups -OCH3 is 1. The summed E-state index contributed by atoms with van der Waals surface area (Å²) in [6.45, 7) is -2.57. The molecular weight excluding hydrogens is 140 g/mol. The van der Waals surface area contributed by atoms with Crippen LogP contribution in [0.1, 0.15) is 21.3 Å². The molecule has 1 aromatic carbocycles. The van der Waals surface area contributed by atoms with Crippen molar-refractivity contribution in [1.29, 1.82) is 0 Å². The highest BCUT2D eigenvalue weighted by atomic mass is 16.5. The molecule has 0 aliphatic heterocycles. The normalized spacial score (nSPS) is 14.5. The van der Waals surface area contributed by atoms with Crippen LogP contribution in [0.15, 0.2) is 24.3 Å². The summed E-state index contributed by atoms with van der Waals surface area (Å²) in [5.74, 6) is -0.257. The lowest BCUT2D eigenvalue weighted by Crippen LogP contribution is -1.91. The summed E-state index contributed by atoms with van der Waals surface area (Å²) in [7, 11) is 1.50. The van der Waals surface area contributed by atoms with Crippen molar-refractivity contribution in [3.63, 3.8) is 0 Å². The summed E-state index contributed by atoms with van der Waals surface area (Å²) < 4.78 is 25.7. The van der Waals surface area contributed by atoms with Gasteiger partial charge in [0.2, 0.25) is 0 Å². The Bertz CT molecular complexity index is 327. The van der Waals surface area contributed by atoms with Crippen LogP contribution in [-0.4, -0.2) is 12.9 Å². The van der Waals surface area contributed by atoms with E-state index in [0.29, 0.717) is 5.75 Å². The molecule has 0 amide bonds.